The normalized spacial score (nSPS) is 25.1. The van der Waals surface area contributed by atoms with E-state index in [4.69, 9.17) is 9.47 Å². The van der Waals surface area contributed by atoms with Gasteiger partial charge in [-0.25, -0.2) is 0 Å². The summed E-state index contributed by atoms with van der Waals surface area (Å²) in [5, 5.41) is 0. The lowest BCUT2D eigenvalue weighted by atomic mass is 9.90. The molecule has 2 atom stereocenters. The Morgan fingerprint density at radius 1 is 0.769 bits per heavy atom. The fraction of sp³-hybridized carbons (Fsp3) is 0.250. The molecule has 2 nitrogen and oxygen atoms in total. The number of benzene rings is 2. The summed E-state index contributed by atoms with van der Waals surface area (Å²) < 4.78 is 11.1. The zero-order valence-electron chi connectivity index (χ0n) is 14.7. The molecule has 1 saturated heterocycles. The van der Waals surface area contributed by atoms with Crippen LogP contribution in [0.15, 0.2) is 78.4 Å². The van der Waals surface area contributed by atoms with E-state index in [9.17, 15) is 0 Å². The van der Waals surface area contributed by atoms with Crippen molar-refractivity contribution in [3.8, 4) is 0 Å². The zero-order chi connectivity index (χ0) is 17.3. The Morgan fingerprint density at radius 3 is 2.27 bits per heavy atom. The van der Waals surface area contributed by atoms with Crippen molar-refractivity contribution >= 4 is 11.6 Å². The summed E-state index contributed by atoms with van der Waals surface area (Å²) in [6.45, 7) is 1.36. The van der Waals surface area contributed by atoms with E-state index in [1.165, 1.54) is 28.7 Å². The highest BCUT2D eigenvalue weighted by molar-refractivity contribution is 5.80. The molecular formula is C24H22O2. The first-order chi connectivity index (χ1) is 12.9. The Hall–Kier alpha value is -2.42. The topological polar surface area (TPSA) is 18.5 Å². The molecule has 1 fully saturated rings. The van der Waals surface area contributed by atoms with Gasteiger partial charge in [0.2, 0.25) is 0 Å². The highest BCUT2D eigenvalue weighted by atomic mass is 16.7. The lowest BCUT2D eigenvalue weighted by Gasteiger charge is -2.14. The van der Waals surface area contributed by atoms with Gasteiger partial charge in [0.1, 0.15) is 0 Å². The molecule has 1 aliphatic heterocycles. The third-order valence-corrected chi connectivity index (χ3v) is 5.54. The predicted molar refractivity (Wildman–Crippen MR) is 104 cm³/mol. The quantitative estimate of drug-likeness (QED) is 0.692. The summed E-state index contributed by atoms with van der Waals surface area (Å²) in [7, 11) is 0. The molecule has 5 rings (SSSR count). The summed E-state index contributed by atoms with van der Waals surface area (Å²) in [4.78, 5) is 0. The lowest BCUT2D eigenvalue weighted by molar-refractivity contribution is -0.0441. The number of hydrogen-bond acceptors (Lipinski definition) is 2. The second kappa shape index (κ2) is 6.71. The number of allylic oxidation sites excluding steroid dienone is 5. The monoisotopic (exact) mass is 342 g/mol. The first-order valence-electron chi connectivity index (χ1n) is 9.37. The second-order valence-corrected chi connectivity index (χ2v) is 7.14. The molecule has 0 N–H and O–H groups in total. The Morgan fingerprint density at radius 2 is 1.50 bits per heavy atom. The molecule has 2 heteroatoms. The predicted octanol–water partition coefficient (Wildman–Crippen LogP) is 5.40. The smallest absolute Gasteiger partial charge is 0.184 e. The average molecular weight is 342 g/mol. The van der Waals surface area contributed by atoms with E-state index >= 15 is 0 Å². The van der Waals surface area contributed by atoms with E-state index in [0.717, 1.165) is 5.56 Å². The Labute approximate surface area is 154 Å². The molecule has 2 bridgehead atoms. The van der Waals surface area contributed by atoms with E-state index in [1.54, 1.807) is 0 Å². The first kappa shape index (κ1) is 15.8. The summed E-state index contributed by atoms with van der Waals surface area (Å²) in [5.74, 6) is 1.13. The van der Waals surface area contributed by atoms with E-state index in [2.05, 4.69) is 78.9 Å². The van der Waals surface area contributed by atoms with Crippen molar-refractivity contribution in [2.45, 2.75) is 12.7 Å². The van der Waals surface area contributed by atoms with Crippen molar-refractivity contribution in [2.75, 3.05) is 13.2 Å². The molecule has 26 heavy (non-hydrogen) atoms. The molecule has 2 aromatic carbocycles. The fourth-order valence-electron chi connectivity index (χ4n) is 4.27. The van der Waals surface area contributed by atoms with Crippen molar-refractivity contribution in [3.63, 3.8) is 0 Å². The Bertz CT molecular complexity index is 868. The molecule has 0 amide bonds. The van der Waals surface area contributed by atoms with Crippen LogP contribution < -0.4 is 0 Å². The Balaban J connectivity index is 1.41. The van der Waals surface area contributed by atoms with Crippen LogP contribution in [0, 0.1) is 11.8 Å². The van der Waals surface area contributed by atoms with Crippen LogP contribution in [-0.2, 0) is 9.47 Å². The molecule has 1 heterocycles. The van der Waals surface area contributed by atoms with Crippen LogP contribution >= 0.6 is 0 Å². The van der Waals surface area contributed by atoms with Crippen LogP contribution in [0.3, 0.4) is 0 Å². The minimum absolute atomic E-state index is 0.198. The summed E-state index contributed by atoms with van der Waals surface area (Å²) in [5.41, 5.74) is 6.62. The minimum atomic E-state index is -0.198. The molecule has 130 valence electrons. The molecule has 0 spiro atoms. The number of rotatable bonds is 4. The van der Waals surface area contributed by atoms with Gasteiger partial charge in [0.25, 0.3) is 0 Å². The molecule has 3 aliphatic rings. The number of fused-ring (bicyclic) bond motifs is 2. The van der Waals surface area contributed by atoms with Gasteiger partial charge < -0.3 is 9.47 Å². The molecule has 0 saturated carbocycles. The first-order valence-corrected chi connectivity index (χ1v) is 9.37. The van der Waals surface area contributed by atoms with Gasteiger partial charge in [0.05, 0.1) is 13.2 Å². The maximum absolute atomic E-state index is 5.56. The van der Waals surface area contributed by atoms with Crippen LogP contribution in [-0.4, -0.2) is 13.2 Å². The molecule has 2 aromatic rings. The Kier molecular flexibility index (Phi) is 4.08. The zero-order valence-corrected chi connectivity index (χ0v) is 14.7. The number of hydrogen-bond donors (Lipinski definition) is 0. The molecule has 2 unspecified atom stereocenters. The summed E-state index contributed by atoms with van der Waals surface area (Å²) >= 11 is 0. The van der Waals surface area contributed by atoms with Crippen molar-refractivity contribution in [2.24, 2.45) is 11.8 Å². The third kappa shape index (κ3) is 2.86. The maximum Gasteiger partial charge on any atom is 0.184 e. The number of ether oxygens (including phenoxy) is 2. The van der Waals surface area contributed by atoms with Gasteiger partial charge in [-0.2, -0.15) is 0 Å². The van der Waals surface area contributed by atoms with Gasteiger partial charge in [0, 0.05) is 17.4 Å². The van der Waals surface area contributed by atoms with Gasteiger partial charge in [0.15, 0.2) is 6.29 Å². The molecule has 0 radical (unpaired) electrons. The van der Waals surface area contributed by atoms with Crippen molar-refractivity contribution in [3.05, 3.63) is 95.1 Å². The van der Waals surface area contributed by atoms with Crippen molar-refractivity contribution in [1.82, 2.24) is 0 Å². The van der Waals surface area contributed by atoms with E-state index in [0.29, 0.717) is 25.0 Å². The fourth-order valence-corrected chi connectivity index (χ4v) is 4.27. The van der Waals surface area contributed by atoms with Gasteiger partial charge in [-0.1, -0.05) is 78.9 Å². The van der Waals surface area contributed by atoms with E-state index < -0.39 is 0 Å². The van der Waals surface area contributed by atoms with Gasteiger partial charge in [-0.15, -0.1) is 0 Å². The largest absolute Gasteiger partial charge is 0.346 e. The highest BCUT2D eigenvalue weighted by Crippen LogP contribution is 2.48. The van der Waals surface area contributed by atoms with E-state index in [1.807, 2.05) is 0 Å². The second-order valence-electron chi connectivity index (χ2n) is 7.14. The third-order valence-electron chi connectivity index (χ3n) is 5.54. The van der Waals surface area contributed by atoms with Gasteiger partial charge in [-0.3, -0.25) is 0 Å². The van der Waals surface area contributed by atoms with Crippen LogP contribution in [0.4, 0.5) is 0 Å². The summed E-state index contributed by atoms with van der Waals surface area (Å²) in [6.07, 6.45) is 10.3. The van der Waals surface area contributed by atoms with Crippen LogP contribution in [0.5, 0.6) is 0 Å². The standard InChI is InChI=1S/C24H22O2/c1-2-4-18(5-3-1)23-21-12-11-20(16-21)22(23)13-8-17-6-9-19(10-7-17)24-25-14-15-26-24/h1-13,20-21,24H,14-16H2/b13-8-. The van der Waals surface area contributed by atoms with Gasteiger partial charge >= 0.3 is 0 Å². The molecule has 0 aromatic heterocycles. The average Bonchev–Trinajstić information content (AvgIpc) is 3.44. The highest BCUT2D eigenvalue weighted by Gasteiger charge is 2.34. The van der Waals surface area contributed by atoms with Crippen molar-refractivity contribution in [1.29, 1.82) is 0 Å². The van der Waals surface area contributed by atoms with Gasteiger partial charge in [-0.05, 0) is 28.7 Å². The maximum atomic E-state index is 5.56. The van der Waals surface area contributed by atoms with Crippen molar-refractivity contribution < 1.29 is 9.47 Å². The summed E-state index contributed by atoms with van der Waals surface area (Å²) in [6, 6.07) is 19.3. The SMILES string of the molecule is C1=CC2CC1C(/C=C\c1ccc(C3OCCO3)cc1)=C2c1ccccc1. The van der Waals surface area contributed by atoms with Crippen LogP contribution in [0.2, 0.25) is 0 Å². The molecular weight excluding hydrogens is 320 g/mol. The van der Waals surface area contributed by atoms with E-state index in [-0.39, 0.29) is 6.29 Å². The minimum Gasteiger partial charge on any atom is -0.346 e. The van der Waals surface area contributed by atoms with Crippen LogP contribution in [0.25, 0.3) is 11.6 Å². The molecule has 2 aliphatic carbocycles. The van der Waals surface area contributed by atoms with Crippen LogP contribution in [0.1, 0.15) is 29.4 Å². The lowest BCUT2D eigenvalue weighted by Crippen LogP contribution is -1.97.